The minimum atomic E-state index is -2.20. The minimum absolute atomic E-state index is 0.266. The molecule has 1 aliphatic heterocycles. The van der Waals surface area contributed by atoms with Crippen molar-refractivity contribution in [1.29, 1.82) is 0 Å². The Balaban J connectivity index is 1.44. The maximum Gasteiger partial charge on any atom is 0.242 e. The van der Waals surface area contributed by atoms with Crippen LogP contribution in [0.5, 0.6) is 0 Å². The summed E-state index contributed by atoms with van der Waals surface area (Å²) in [6.45, 7) is 11.3. The second-order valence-electron chi connectivity index (χ2n) is 11.6. The molecule has 7 atom stereocenters. The van der Waals surface area contributed by atoms with Crippen LogP contribution < -0.4 is 0 Å². The number of fused-ring (bicyclic) bond motifs is 1. The molecule has 4 rings (SSSR count). The van der Waals surface area contributed by atoms with Crippen molar-refractivity contribution in [2.45, 2.75) is 90.3 Å². The second-order valence-corrected chi connectivity index (χ2v) is 11.6. The molecule has 0 aromatic rings. The Bertz CT molecular complexity index is 778. The van der Waals surface area contributed by atoms with Crippen LogP contribution in [0.15, 0.2) is 35.5 Å². The van der Waals surface area contributed by atoms with Crippen molar-refractivity contribution in [1.82, 2.24) is 4.90 Å². The van der Waals surface area contributed by atoms with Gasteiger partial charge in [0.2, 0.25) is 6.43 Å². The van der Waals surface area contributed by atoms with Gasteiger partial charge < -0.3 is 15.1 Å². The zero-order chi connectivity index (χ0) is 23.8. The first-order valence-corrected chi connectivity index (χ1v) is 13.1. The number of rotatable bonds is 5. The number of piperidine rings is 1. The van der Waals surface area contributed by atoms with E-state index in [0.717, 1.165) is 37.1 Å². The first kappa shape index (κ1) is 25.1. The highest BCUT2D eigenvalue weighted by atomic mass is 19.3. The van der Waals surface area contributed by atoms with E-state index in [-0.39, 0.29) is 5.41 Å². The summed E-state index contributed by atoms with van der Waals surface area (Å²) in [5.41, 5.74) is 3.49. The van der Waals surface area contributed by atoms with Gasteiger partial charge in [-0.25, -0.2) is 8.78 Å². The highest BCUT2D eigenvalue weighted by Crippen LogP contribution is 2.59. The monoisotopic (exact) mass is 463 g/mol. The highest BCUT2D eigenvalue weighted by Gasteiger charge is 2.50. The smallest absolute Gasteiger partial charge is 0.242 e. The predicted molar refractivity (Wildman–Crippen MR) is 129 cm³/mol. The summed E-state index contributed by atoms with van der Waals surface area (Å²) in [5, 5.41) is 20.2. The number of nitrogens with zero attached hydrogens (tertiary/aromatic N) is 1. The van der Waals surface area contributed by atoms with E-state index in [1.807, 2.05) is 0 Å². The molecule has 4 fully saturated rings. The van der Waals surface area contributed by atoms with Crippen LogP contribution >= 0.6 is 0 Å². The first-order chi connectivity index (χ1) is 15.7. The van der Waals surface area contributed by atoms with Crippen molar-refractivity contribution in [3.63, 3.8) is 0 Å². The average Bonchev–Trinajstić information content (AvgIpc) is 3.13. The van der Waals surface area contributed by atoms with Gasteiger partial charge >= 0.3 is 0 Å². The molecule has 0 spiro atoms. The zero-order valence-corrected chi connectivity index (χ0v) is 20.5. The van der Waals surface area contributed by atoms with Crippen LogP contribution in [0, 0.1) is 29.1 Å². The summed E-state index contributed by atoms with van der Waals surface area (Å²) < 4.78 is 26.5. The summed E-state index contributed by atoms with van der Waals surface area (Å²) in [6, 6.07) is 0. The lowest BCUT2D eigenvalue weighted by molar-refractivity contribution is 0.0132. The molecule has 0 amide bonds. The molecule has 0 bridgehead atoms. The number of allylic oxidation sites excluding steroid dienone is 3. The van der Waals surface area contributed by atoms with Gasteiger partial charge in [0.05, 0.1) is 12.2 Å². The normalized spacial score (nSPS) is 41.7. The fourth-order valence-electron chi connectivity index (χ4n) is 7.68. The van der Waals surface area contributed by atoms with E-state index in [9.17, 15) is 19.0 Å². The molecular weight excluding hydrogens is 420 g/mol. The van der Waals surface area contributed by atoms with Crippen molar-refractivity contribution in [2.75, 3.05) is 19.6 Å². The van der Waals surface area contributed by atoms with E-state index in [4.69, 9.17) is 0 Å². The fraction of sp³-hybridized carbons (Fsp3) is 0.786. The Morgan fingerprint density at radius 3 is 2.73 bits per heavy atom. The van der Waals surface area contributed by atoms with Gasteiger partial charge in [-0.2, -0.15) is 0 Å². The number of likely N-dealkylation sites (tertiary alicyclic amines) is 1. The van der Waals surface area contributed by atoms with Crippen LogP contribution in [-0.4, -0.2) is 53.4 Å². The second kappa shape index (κ2) is 10.3. The number of alkyl halides is 2. The van der Waals surface area contributed by atoms with Gasteiger partial charge in [-0.1, -0.05) is 38.2 Å². The number of aliphatic hydroxyl groups is 2. The van der Waals surface area contributed by atoms with Crippen molar-refractivity contribution >= 4 is 0 Å². The molecule has 2 N–H and O–H groups in total. The van der Waals surface area contributed by atoms with Crippen LogP contribution in [0.3, 0.4) is 0 Å². The SMILES string of the molecule is C=C1C(=CC=C2CCC[C@]3(C)[C@@H](C(C)CN4CCCC(C(F)F)C4)CC[C@@H]23)C[C@@H](O)C[C@@H]1O. The molecule has 3 saturated carbocycles. The Kier molecular flexibility index (Phi) is 7.82. The number of aliphatic hydroxyl groups excluding tert-OH is 2. The Morgan fingerprint density at radius 2 is 1.97 bits per heavy atom. The Labute approximate surface area is 198 Å². The van der Waals surface area contributed by atoms with Crippen molar-refractivity contribution < 1.29 is 19.0 Å². The van der Waals surface area contributed by atoms with E-state index in [0.29, 0.717) is 43.6 Å². The van der Waals surface area contributed by atoms with Gasteiger partial charge in [0.25, 0.3) is 0 Å². The quantitative estimate of drug-likeness (QED) is 0.546. The molecule has 4 aliphatic rings. The van der Waals surface area contributed by atoms with Crippen molar-refractivity contribution in [2.24, 2.45) is 29.1 Å². The van der Waals surface area contributed by atoms with Gasteiger partial charge in [0, 0.05) is 25.4 Å². The van der Waals surface area contributed by atoms with Gasteiger partial charge in [-0.15, -0.1) is 0 Å². The minimum Gasteiger partial charge on any atom is -0.393 e. The molecule has 5 heteroatoms. The Morgan fingerprint density at radius 1 is 1.18 bits per heavy atom. The van der Waals surface area contributed by atoms with Crippen LogP contribution in [0.2, 0.25) is 0 Å². The van der Waals surface area contributed by atoms with E-state index in [1.165, 1.54) is 31.3 Å². The zero-order valence-electron chi connectivity index (χ0n) is 20.5. The van der Waals surface area contributed by atoms with Gasteiger partial charge in [-0.05, 0) is 92.2 Å². The van der Waals surface area contributed by atoms with E-state index in [2.05, 4.69) is 37.5 Å². The molecule has 33 heavy (non-hydrogen) atoms. The van der Waals surface area contributed by atoms with Gasteiger partial charge in [-0.3, -0.25) is 0 Å². The molecule has 1 heterocycles. The summed E-state index contributed by atoms with van der Waals surface area (Å²) >= 11 is 0. The lowest BCUT2D eigenvalue weighted by Gasteiger charge is -2.45. The standard InChI is InChI=1S/C28H43F2NO2/c1-18(16-31-13-5-7-22(17-31)27(29)30)24-10-11-25-20(6-4-12-28(24,25)3)8-9-21-14-23(32)15-26(33)19(21)2/h8-9,18,22-27,32-33H,2,4-7,10-17H2,1,3H3/t18?,22?,23-,24-,25+,26+,28-/m1/s1. The third-order valence-electron chi connectivity index (χ3n) is 9.43. The molecule has 3 aliphatic carbocycles. The lowest BCUT2D eigenvalue weighted by Crippen LogP contribution is -2.44. The third kappa shape index (κ3) is 5.31. The Hall–Kier alpha value is -1.04. The molecule has 2 unspecified atom stereocenters. The topological polar surface area (TPSA) is 43.7 Å². The molecule has 3 nitrogen and oxygen atoms in total. The van der Waals surface area contributed by atoms with Crippen molar-refractivity contribution in [3.8, 4) is 0 Å². The predicted octanol–water partition coefficient (Wildman–Crippen LogP) is 5.74. The molecule has 0 aromatic carbocycles. The summed E-state index contributed by atoms with van der Waals surface area (Å²) in [4.78, 5) is 2.30. The van der Waals surface area contributed by atoms with Gasteiger partial charge in [0.1, 0.15) is 0 Å². The van der Waals surface area contributed by atoms with Crippen LogP contribution in [0.25, 0.3) is 0 Å². The largest absolute Gasteiger partial charge is 0.393 e. The van der Waals surface area contributed by atoms with E-state index in [1.54, 1.807) is 0 Å². The number of hydrogen-bond donors (Lipinski definition) is 2. The number of hydrogen-bond acceptors (Lipinski definition) is 3. The fourth-order valence-corrected chi connectivity index (χ4v) is 7.68. The van der Waals surface area contributed by atoms with Crippen molar-refractivity contribution in [3.05, 3.63) is 35.5 Å². The maximum absolute atomic E-state index is 13.3. The summed E-state index contributed by atoms with van der Waals surface area (Å²) in [5.74, 6) is 1.25. The maximum atomic E-state index is 13.3. The summed E-state index contributed by atoms with van der Waals surface area (Å²) in [6.07, 6.45) is 9.48. The average molecular weight is 464 g/mol. The molecule has 1 saturated heterocycles. The van der Waals surface area contributed by atoms with Crippen LogP contribution in [0.4, 0.5) is 8.78 Å². The number of halogens is 2. The van der Waals surface area contributed by atoms with E-state index >= 15 is 0 Å². The van der Waals surface area contributed by atoms with Crippen LogP contribution in [0.1, 0.15) is 71.6 Å². The molecule has 0 aromatic heterocycles. The van der Waals surface area contributed by atoms with E-state index < -0.39 is 24.6 Å². The highest BCUT2D eigenvalue weighted by molar-refractivity contribution is 5.38. The first-order valence-electron chi connectivity index (χ1n) is 13.1. The third-order valence-corrected chi connectivity index (χ3v) is 9.43. The van der Waals surface area contributed by atoms with Gasteiger partial charge in [0.15, 0.2) is 0 Å². The molecular formula is C28H43F2NO2. The molecule has 186 valence electrons. The lowest BCUT2D eigenvalue weighted by atomic mass is 9.61. The molecule has 0 radical (unpaired) electrons. The summed E-state index contributed by atoms with van der Waals surface area (Å²) in [7, 11) is 0. The van der Waals surface area contributed by atoms with Crippen LogP contribution in [-0.2, 0) is 0 Å².